The number of aliphatic imine (C=N–C) groups is 1. The van der Waals surface area contributed by atoms with E-state index in [2.05, 4.69) is 4.99 Å². The number of nitrogens with zero attached hydrogens (tertiary/aromatic N) is 1. The molecule has 1 atom stereocenters. The lowest BCUT2D eigenvalue weighted by atomic mass is 10.1. The number of nitrogens with two attached hydrogens (primary N) is 2. The van der Waals surface area contributed by atoms with Crippen molar-refractivity contribution in [2.24, 2.45) is 16.5 Å². The first-order valence-corrected chi connectivity index (χ1v) is 7.07. The SMILES string of the molecule is CC1C=Cc2ccc(C(=O)N=C(N)N)cc2S1(=O)=O. The standard InChI is InChI=1S/C12H13N3O3S/c1-7-2-3-8-4-5-9(11(16)15-12(13)14)6-10(8)19(7,17)18/h2-7H,1H3,(H4,13,14,15,16). The molecule has 7 heteroatoms. The van der Waals surface area contributed by atoms with Crippen LogP contribution in [-0.2, 0) is 9.84 Å². The number of guanidine groups is 1. The Morgan fingerprint density at radius 3 is 2.63 bits per heavy atom. The number of rotatable bonds is 1. The molecule has 1 aromatic rings. The molecule has 1 aliphatic rings. The van der Waals surface area contributed by atoms with Gasteiger partial charge >= 0.3 is 0 Å². The molecule has 0 saturated heterocycles. The van der Waals surface area contributed by atoms with Crippen molar-refractivity contribution in [1.82, 2.24) is 0 Å². The largest absolute Gasteiger partial charge is 0.370 e. The fourth-order valence-corrected chi connectivity index (χ4v) is 3.22. The van der Waals surface area contributed by atoms with Gasteiger partial charge in [0, 0.05) is 5.56 Å². The molecule has 0 radical (unpaired) electrons. The Labute approximate surface area is 110 Å². The summed E-state index contributed by atoms with van der Waals surface area (Å²) in [5.74, 6) is -1.03. The minimum absolute atomic E-state index is 0.124. The molecule has 0 aliphatic carbocycles. The van der Waals surface area contributed by atoms with Crippen molar-refractivity contribution in [3.63, 3.8) is 0 Å². The summed E-state index contributed by atoms with van der Waals surface area (Å²) in [4.78, 5) is 15.2. The summed E-state index contributed by atoms with van der Waals surface area (Å²) in [7, 11) is -3.46. The number of sulfone groups is 1. The van der Waals surface area contributed by atoms with Crippen molar-refractivity contribution in [2.75, 3.05) is 0 Å². The molecule has 4 N–H and O–H groups in total. The van der Waals surface area contributed by atoms with Crippen molar-refractivity contribution in [3.8, 4) is 0 Å². The zero-order valence-corrected chi connectivity index (χ0v) is 11.0. The Morgan fingerprint density at radius 2 is 2.00 bits per heavy atom. The minimum atomic E-state index is -3.46. The lowest BCUT2D eigenvalue weighted by molar-refractivity contribution is 0.100. The highest BCUT2D eigenvalue weighted by molar-refractivity contribution is 7.92. The van der Waals surface area contributed by atoms with Crippen molar-refractivity contribution < 1.29 is 13.2 Å². The second-order valence-corrected chi connectivity index (χ2v) is 6.48. The summed E-state index contributed by atoms with van der Waals surface area (Å²) >= 11 is 0. The molecule has 0 saturated carbocycles. The molecule has 2 rings (SSSR count). The zero-order chi connectivity index (χ0) is 14.2. The van der Waals surface area contributed by atoms with E-state index in [-0.39, 0.29) is 16.4 Å². The average molecular weight is 279 g/mol. The second-order valence-electron chi connectivity index (χ2n) is 4.20. The lowest BCUT2D eigenvalue weighted by Gasteiger charge is -2.17. The predicted molar refractivity (Wildman–Crippen MR) is 72.3 cm³/mol. The summed E-state index contributed by atoms with van der Waals surface area (Å²) in [5.41, 5.74) is 10.9. The number of fused-ring (bicyclic) bond motifs is 1. The van der Waals surface area contributed by atoms with Gasteiger partial charge in [-0.3, -0.25) is 4.79 Å². The summed E-state index contributed by atoms with van der Waals surface area (Å²) in [6, 6.07) is 4.35. The van der Waals surface area contributed by atoms with Gasteiger partial charge in [-0.1, -0.05) is 18.2 Å². The van der Waals surface area contributed by atoms with Gasteiger partial charge < -0.3 is 11.5 Å². The molecule has 0 bridgehead atoms. The van der Waals surface area contributed by atoms with Crippen LogP contribution in [0.15, 0.2) is 34.2 Å². The molecule has 0 fully saturated rings. The van der Waals surface area contributed by atoms with Gasteiger partial charge in [0.2, 0.25) is 0 Å². The van der Waals surface area contributed by atoms with Crippen LogP contribution < -0.4 is 11.5 Å². The van der Waals surface area contributed by atoms with E-state index in [9.17, 15) is 13.2 Å². The molecule has 19 heavy (non-hydrogen) atoms. The van der Waals surface area contributed by atoms with E-state index in [0.717, 1.165) is 0 Å². The van der Waals surface area contributed by atoms with E-state index in [1.807, 2.05) is 0 Å². The fourth-order valence-electron chi connectivity index (χ4n) is 1.78. The van der Waals surface area contributed by atoms with E-state index in [1.165, 1.54) is 12.1 Å². The quantitative estimate of drug-likeness (QED) is 0.566. The molecule has 100 valence electrons. The smallest absolute Gasteiger partial charge is 0.280 e. The Bertz CT molecular complexity index is 701. The maximum absolute atomic E-state index is 12.2. The molecule has 1 heterocycles. The summed E-state index contributed by atoms with van der Waals surface area (Å²) in [6.07, 6.45) is 3.32. The summed E-state index contributed by atoms with van der Waals surface area (Å²) in [5, 5.41) is -0.617. The molecule has 1 amide bonds. The Balaban J connectivity index is 2.57. The zero-order valence-electron chi connectivity index (χ0n) is 10.2. The van der Waals surface area contributed by atoms with E-state index >= 15 is 0 Å². The van der Waals surface area contributed by atoms with Gasteiger partial charge in [0.25, 0.3) is 5.91 Å². The van der Waals surface area contributed by atoms with Gasteiger partial charge in [0.15, 0.2) is 15.8 Å². The molecular formula is C12H13N3O3S. The number of carbonyl (C=O) groups is 1. The molecule has 0 spiro atoms. The second kappa shape index (κ2) is 4.51. The van der Waals surface area contributed by atoms with Crippen LogP contribution in [0.2, 0.25) is 0 Å². The number of carbonyl (C=O) groups excluding carboxylic acids is 1. The number of amides is 1. The van der Waals surface area contributed by atoms with Crippen LogP contribution in [-0.4, -0.2) is 25.5 Å². The first-order chi connectivity index (χ1) is 8.82. The Hall–Kier alpha value is -2.15. The van der Waals surface area contributed by atoms with Crippen LogP contribution >= 0.6 is 0 Å². The van der Waals surface area contributed by atoms with Crippen molar-refractivity contribution >= 4 is 27.8 Å². The van der Waals surface area contributed by atoms with Gasteiger partial charge in [0.05, 0.1) is 10.1 Å². The highest BCUT2D eigenvalue weighted by Crippen LogP contribution is 2.28. The molecule has 1 unspecified atom stereocenters. The average Bonchev–Trinajstić information content (AvgIpc) is 2.33. The van der Waals surface area contributed by atoms with E-state index in [0.29, 0.717) is 5.56 Å². The van der Waals surface area contributed by atoms with Gasteiger partial charge in [-0.25, -0.2) is 8.42 Å². The van der Waals surface area contributed by atoms with E-state index in [4.69, 9.17) is 11.5 Å². The summed E-state index contributed by atoms with van der Waals surface area (Å²) in [6.45, 7) is 1.58. The number of hydrogen-bond acceptors (Lipinski definition) is 3. The van der Waals surface area contributed by atoms with Crippen LogP contribution in [0.1, 0.15) is 22.8 Å². The van der Waals surface area contributed by atoms with Crippen molar-refractivity contribution in [1.29, 1.82) is 0 Å². The Morgan fingerprint density at radius 1 is 1.32 bits per heavy atom. The third kappa shape index (κ3) is 2.37. The molecule has 1 aromatic carbocycles. The highest BCUT2D eigenvalue weighted by Gasteiger charge is 2.27. The van der Waals surface area contributed by atoms with Gasteiger partial charge in [-0.05, 0) is 24.6 Å². The van der Waals surface area contributed by atoms with Crippen molar-refractivity contribution in [3.05, 3.63) is 35.4 Å². The molecule has 6 nitrogen and oxygen atoms in total. The van der Waals surface area contributed by atoms with Gasteiger partial charge in [0.1, 0.15) is 0 Å². The maximum Gasteiger partial charge on any atom is 0.280 e. The van der Waals surface area contributed by atoms with Crippen LogP contribution in [0.25, 0.3) is 6.08 Å². The molecule has 1 aliphatic heterocycles. The van der Waals surface area contributed by atoms with Crippen LogP contribution in [0.4, 0.5) is 0 Å². The molecule has 0 aromatic heterocycles. The maximum atomic E-state index is 12.2. The van der Waals surface area contributed by atoms with Crippen LogP contribution in [0.3, 0.4) is 0 Å². The van der Waals surface area contributed by atoms with Crippen LogP contribution in [0, 0.1) is 0 Å². The first kappa shape index (κ1) is 13.3. The first-order valence-electron chi connectivity index (χ1n) is 5.52. The lowest BCUT2D eigenvalue weighted by Crippen LogP contribution is -2.24. The van der Waals surface area contributed by atoms with Crippen molar-refractivity contribution in [2.45, 2.75) is 17.1 Å². The molecular weight excluding hydrogens is 266 g/mol. The predicted octanol–water partition coefficient (Wildman–Crippen LogP) is 0.289. The normalized spacial score (nSPS) is 19.5. The Kier molecular flexibility index (Phi) is 3.15. The number of benzene rings is 1. The third-order valence-corrected chi connectivity index (χ3v) is 4.94. The van der Waals surface area contributed by atoms with E-state index in [1.54, 1.807) is 25.1 Å². The topological polar surface area (TPSA) is 116 Å². The minimum Gasteiger partial charge on any atom is -0.370 e. The van der Waals surface area contributed by atoms with Gasteiger partial charge in [-0.2, -0.15) is 4.99 Å². The third-order valence-electron chi connectivity index (χ3n) is 2.83. The fraction of sp³-hybridized carbons (Fsp3) is 0.167. The monoisotopic (exact) mass is 279 g/mol. The van der Waals surface area contributed by atoms with Crippen LogP contribution in [0.5, 0.6) is 0 Å². The van der Waals surface area contributed by atoms with Gasteiger partial charge in [-0.15, -0.1) is 0 Å². The van der Waals surface area contributed by atoms with E-state index < -0.39 is 21.0 Å². The highest BCUT2D eigenvalue weighted by atomic mass is 32.2. The summed E-state index contributed by atoms with van der Waals surface area (Å²) < 4.78 is 24.3. The number of hydrogen-bond donors (Lipinski definition) is 2.